The molecule has 0 radical (unpaired) electrons. The zero-order valence-electron chi connectivity index (χ0n) is 17.4. The molecule has 4 N–H and O–H groups in total. The fourth-order valence-corrected chi connectivity index (χ4v) is 5.90. The van der Waals surface area contributed by atoms with E-state index in [-0.39, 0.29) is 11.5 Å². The average molecular weight is 488 g/mol. The van der Waals surface area contributed by atoms with E-state index >= 15 is 0 Å². The predicted octanol–water partition coefficient (Wildman–Crippen LogP) is 3.47. The molecule has 1 aliphatic heterocycles. The van der Waals surface area contributed by atoms with Crippen LogP contribution in [0.1, 0.15) is 34.6 Å². The van der Waals surface area contributed by atoms with Gasteiger partial charge in [-0.1, -0.05) is 23.1 Å². The van der Waals surface area contributed by atoms with Gasteiger partial charge in [-0.2, -0.15) is 5.10 Å². The number of H-pyrrole nitrogens is 2. The van der Waals surface area contributed by atoms with E-state index in [1.807, 2.05) is 6.92 Å². The first-order valence-electron chi connectivity index (χ1n) is 10.0. The molecule has 4 aromatic rings. The predicted molar refractivity (Wildman–Crippen MR) is 123 cm³/mol. The summed E-state index contributed by atoms with van der Waals surface area (Å²) in [5.74, 6) is -0.0589. The molecule has 3 aromatic heterocycles. The maximum Gasteiger partial charge on any atom is 0.230 e. The zero-order chi connectivity index (χ0) is 23.0. The topological polar surface area (TPSA) is 125 Å². The second-order valence-electron chi connectivity index (χ2n) is 7.38. The number of aromatic nitrogens is 6. The van der Waals surface area contributed by atoms with E-state index < -0.39 is 16.5 Å². The van der Waals surface area contributed by atoms with Crippen LogP contribution in [-0.4, -0.2) is 41.7 Å². The van der Waals surface area contributed by atoms with Gasteiger partial charge in [0.25, 0.3) is 0 Å². The number of nitrogens with two attached hydrogens (primary N) is 1. The van der Waals surface area contributed by atoms with Crippen LogP contribution >= 0.6 is 23.1 Å². The number of hydrogen-bond donors (Lipinski definition) is 3. The maximum atomic E-state index is 14.7. The Morgan fingerprint density at radius 1 is 1.15 bits per heavy atom. The Labute approximate surface area is 195 Å². The van der Waals surface area contributed by atoms with Crippen molar-refractivity contribution in [3.05, 3.63) is 76.8 Å². The smallest absolute Gasteiger partial charge is 0.230 e. The molecule has 4 heterocycles. The molecule has 1 aromatic carbocycles. The molecular formula is C20H19F2N9S2. The fraction of sp³-hybridized carbons (Fsp3) is 0.250. The van der Waals surface area contributed by atoms with Crippen LogP contribution < -0.4 is 10.7 Å². The number of hydrogen-bond acceptors (Lipinski definition) is 9. The summed E-state index contributed by atoms with van der Waals surface area (Å²) in [4.78, 5) is 14.2. The molecule has 2 unspecified atom stereocenters. The first-order chi connectivity index (χ1) is 16.0. The first-order valence-corrected chi connectivity index (χ1v) is 11.7. The van der Waals surface area contributed by atoms with E-state index in [9.17, 15) is 8.78 Å². The van der Waals surface area contributed by atoms with E-state index in [1.165, 1.54) is 23.1 Å². The van der Waals surface area contributed by atoms with Crippen LogP contribution in [0.3, 0.4) is 0 Å². The summed E-state index contributed by atoms with van der Waals surface area (Å²) in [6.07, 6.45) is 7.13. The number of nitrogens with one attached hydrogen (secondary N) is 2. The van der Waals surface area contributed by atoms with Crippen molar-refractivity contribution in [2.75, 3.05) is 11.6 Å². The summed E-state index contributed by atoms with van der Waals surface area (Å²) in [5, 5.41) is 16.3. The highest BCUT2D eigenvalue weighted by Gasteiger charge is 2.51. The molecule has 170 valence electrons. The SMILES string of the molecule is Cc1nnc(N2N=C(c3cc(F)ccc3F)SC2(CC(CN)c2ncc[nH]2)c2ncc[nH]2)s1. The van der Waals surface area contributed by atoms with Crippen molar-refractivity contribution in [1.82, 2.24) is 30.1 Å². The molecule has 13 heteroatoms. The van der Waals surface area contributed by atoms with Gasteiger partial charge >= 0.3 is 0 Å². The minimum Gasteiger partial charge on any atom is -0.348 e. The Balaban J connectivity index is 1.67. The molecule has 33 heavy (non-hydrogen) atoms. The number of rotatable bonds is 7. The Morgan fingerprint density at radius 2 is 1.97 bits per heavy atom. The third-order valence-corrected chi connectivity index (χ3v) is 7.42. The van der Waals surface area contributed by atoms with Crippen LogP contribution in [0, 0.1) is 18.6 Å². The van der Waals surface area contributed by atoms with Gasteiger partial charge in [0.05, 0.1) is 0 Å². The second-order valence-corrected chi connectivity index (χ2v) is 9.81. The third-order valence-electron chi connectivity index (χ3n) is 5.24. The normalized spacial score (nSPS) is 19.2. The second kappa shape index (κ2) is 8.65. The number of imidazole rings is 2. The molecule has 0 saturated carbocycles. The van der Waals surface area contributed by atoms with Crippen molar-refractivity contribution in [3.8, 4) is 0 Å². The van der Waals surface area contributed by atoms with Crippen LogP contribution in [0.5, 0.6) is 0 Å². The number of aromatic amines is 2. The Morgan fingerprint density at radius 3 is 2.64 bits per heavy atom. The Bertz CT molecular complexity index is 1270. The van der Waals surface area contributed by atoms with Gasteiger partial charge in [-0.25, -0.2) is 23.8 Å². The monoisotopic (exact) mass is 487 g/mol. The van der Waals surface area contributed by atoms with Gasteiger partial charge in [0.1, 0.15) is 33.3 Å². The molecule has 0 saturated heterocycles. The van der Waals surface area contributed by atoms with Gasteiger partial charge in [0.15, 0.2) is 4.87 Å². The highest BCUT2D eigenvalue weighted by atomic mass is 32.2. The van der Waals surface area contributed by atoms with Crippen molar-refractivity contribution in [2.24, 2.45) is 10.8 Å². The molecule has 2 atom stereocenters. The lowest BCUT2D eigenvalue weighted by Crippen LogP contribution is -2.41. The zero-order valence-corrected chi connectivity index (χ0v) is 19.0. The minimum atomic E-state index is -0.986. The number of aryl methyl sites for hydroxylation is 1. The number of benzene rings is 1. The number of thioether (sulfide) groups is 1. The van der Waals surface area contributed by atoms with Crippen LogP contribution in [0.2, 0.25) is 0 Å². The van der Waals surface area contributed by atoms with Crippen LogP contribution in [0.25, 0.3) is 0 Å². The van der Waals surface area contributed by atoms with Crippen LogP contribution in [-0.2, 0) is 4.87 Å². The van der Waals surface area contributed by atoms with Gasteiger partial charge in [0, 0.05) is 49.2 Å². The standard InChI is InChI=1S/C20H19F2N9S2/c1-11-28-29-19(32-11)31-20(18-26-6-7-27-18,9-12(10-23)16-24-4-5-25-16)33-17(30-31)14-8-13(21)2-3-15(14)22/h2-8,12H,9-10,23H2,1H3,(H,24,25)(H,26,27). The lowest BCUT2D eigenvalue weighted by molar-refractivity contribution is 0.454. The van der Waals surface area contributed by atoms with Crippen molar-refractivity contribution in [3.63, 3.8) is 0 Å². The molecular weight excluding hydrogens is 468 g/mol. The number of halogens is 2. The summed E-state index contributed by atoms with van der Waals surface area (Å²) in [6, 6.07) is 3.30. The molecule has 0 fully saturated rings. The van der Waals surface area contributed by atoms with E-state index in [4.69, 9.17) is 10.8 Å². The van der Waals surface area contributed by atoms with E-state index in [2.05, 4.69) is 30.1 Å². The van der Waals surface area contributed by atoms with E-state index in [0.717, 1.165) is 23.2 Å². The largest absolute Gasteiger partial charge is 0.348 e. The highest BCUT2D eigenvalue weighted by molar-refractivity contribution is 8.15. The van der Waals surface area contributed by atoms with Crippen LogP contribution in [0.4, 0.5) is 13.9 Å². The third kappa shape index (κ3) is 3.92. The minimum absolute atomic E-state index is 0.0574. The van der Waals surface area contributed by atoms with Crippen molar-refractivity contribution < 1.29 is 8.78 Å². The van der Waals surface area contributed by atoms with Gasteiger partial charge in [-0.3, -0.25) is 0 Å². The van der Waals surface area contributed by atoms with Crippen molar-refractivity contribution >= 4 is 33.3 Å². The first kappa shape index (κ1) is 21.7. The van der Waals surface area contributed by atoms with Gasteiger partial charge in [-0.05, 0) is 25.1 Å². The summed E-state index contributed by atoms with van der Waals surface area (Å²) in [6.45, 7) is 2.13. The molecule has 0 amide bonds. The van der Waals surface area contributed by atoms with Gasteiger partial charge in [-0.15, -0.1) is 10.2 Å². The Kier molecular flexibility index (Phi) is 5.68. The molecule has 5 rings (SSSR count). The molecule has 1 aliphatic rings. The number of nitrogens with zero attached hydrogens (tertiary/aromatic N) is 6. The highest BCUT2D eigenvalue weighted by Crippen LogP contribution is 2.53. The quantitative estimate of drug-likeness (QED) is 0.364. The van der Waals surface area contributed by atoms with Crippen molar-refractivity contribution in [1.29, 1.82) is 0 Å². The maximum absolute atomic E-state index is 14.7. The summed E-state index contributed by atoms with van der Waals surface area (Å²) in [5.41, 5.74) is 6.20. The van der Waals surface area contributed by atoms with Gasteiger partial charge < -0.3 is 15.7 Å². The van der Waals surface area contributed by atoms with Gasteiger partial charge in [0.2, 0.25) is 5.13 Å². The van der Waals surface area contributed by atoms with Crippen LogP contribution in [0.15, 0.2) is 48.1 Å². The summed E-state index contributed by atoms with van der Waals surface area (Å²) < 4.78 is 28.8. The van der Waals surface area contributed by atoms with E-state index in [0.29, 0.717) is 34.8 Å². The number of hydrazone groups is 1. The Hall–Kier alpha value is -3.16. The molecule has 0 aliphatic carbocycles. The van der Waals surface area contributed by atoms with Crippen molar-refractivity contribution in [2.45, 2.75) is 24.1 Å². The number of anilines is 1. The molecule has 0 spiro atoms. The summed E-state index contributed by atoms with van der Waals surface area (Å²) >= 11 is 2.60. The summed E-state index contributed by atoms with van der Waals surface area (Å²) in [7, 11) is 0. The lowest BCUT2D eigenvalue weighted by atomic mass is 9.97. The molecule has 9 nitrogen and oxygen atoms in total. The van der Waals surface area contributed by atoms with E-state index in [1.54, 1.807) is 29.8 Å². The molecule has 0 bridgehead atoms. The fourth-order valence-electron chi connectivity index (χ4n) is 3.71. The lowest BCUT2D eigenvalue weighted by Gasteiger charge is -2.35. The average Bonchev–Trinajstić information content (AvgIpc) is 3.60.